The van der Waals surface area contributed by atoms with Crippen LogP contribution in [0, 0.1) is 35.9 Å². The molecule has 8 rings (SSSR count). The molecule has 0 saturated carbocycles. The predicted octanol–water partition coefficient (Wildman–Crippen LogP) is 9.09. The van der Waals surface area contributed by atoms with E-state index < -0.39 is 52.6 Å². The van der Waals surface area contributed by atoms with Crippen molar-refractivity contribution >= 4 is 63.7 Å². The molecule has 4 heterocycles. The van der Waals surface area contributed by atoms with Crippen molar-refractivity contribution in [1.82, 2.24) is 20.1 Å². The summed E-state index contributed by atoms with van der Waals surface area (Å²) in [7, 11) is 0. The van der Waals surface area contributed by atoms with E-state index in [0.717, 1.165) is 33.2 Å². The number of ether oxygens (including phenoxy) is 4. The molecule has 76 heavy (non-hydrogen) atoms. The first-order valence-electron chi connectivity index (χ1n) is 24.7. The van der Waals surface area contributed by atoms with Crippen molar-refractivity contribution in [3.05, 3.63) is 124 Å². The zero-order valence-corrected chi connectivity index (χ0v) is 44.4. The smallest absolute Gasteiger partial charge is 0.417 e. The van der Waals surface area contributed by atoms with Gasteiger partial charge in [-0.05, 0) is 123 Å². The molecule has 5 aromatic rings. The SMILES string of the molecule is Cc1ncsc1-c1ccc(CNC(=O)[C@@H]2C[C@@H](C)CN2C(=O)[C@H](C(C)C)N2Cc3ccc(F)cc3C2=O)c(OCCOCCOCCOc2ccc(N3C(=S)N(c4ccc(C#N)c(C(F)(F)F)c4)C(=O)C3(C)C)cc2)c1. The number of amides is 4. The van der Waals surface area contributed by atoms with Crippen molar-refractivity contribution in [3.8, 4) is 28.0 Å². The summed E-state index contributed by atoms with van der Waals surface area (Å²) in [4.78, 5) is 66.5. The summed E-state index contributed by atoms with van der Waals surface area (Å²) >= 11 is 7.14. The zero-order valence-electron chi connectivity index (χ0n) is 42.7. The van der Waals surface area contributed by atoms with Crippen molar-refractivity contribution in [1.29, 1.82) is 5.26 Å². The number of anilines is 2. The van der Waals surface area contributed by atoms with Gasteiger partial charge in [-0.2, -0.15) is 18.4 Å². The second-order valence-electron chi connectivity index (χ2n) is 19.7. The fourth-order valence-corrected chi connectivity index (χ4v) is 11.1. The lowest BCUT2D eigenvalue weighted by Crippen LogP contribution is -2.55. The van der Waals surface area contributed by atoms with Gasteiger partial charge in [0.25, 0.3) is 11.8 Å². The summed E-state index contributed by atoms with van der Waals surface area (Å²) < 4.78 is 79.0. The Labute approximate surface area is 447 Å². The number of aromatic nitrogens is 1. The van der Waals surface area contributed by atoms with E-state index in [9.17, 15) is 42.0 Å². The van der Waals surface area contributed by atoms with E-state index in [2.05, 4.69) is 10.3 Å². The molecule has 2 saturated heterocycles. The van der Waals surface area contributed by atoms with E-state index in [1.807, 2.05) is 45.9 Å². The van der Waals surface area contributed by atoms with Gasteiger partial charge in [0, 0.05) is 36.4 Å². The number of likely N-dealkylation sites (tertiary alicyclic amines) is 1. The summed E-state index contributed by atoms with van der Waals surface area (Å²) in [6.45, 7) is 12.9. The third-order valence-corrected chi connectivity index (χ3v) is 14.9. The van der Waals surface area contributed by atoms with Gasteiger partial charge in [0.15, 0.2) is 5.11 Å². The highest BCUT2D eigenvalue weighted by Gasteiger charge is 2.51. The minimum atomic E-state index is -4.81. The van der Waals surface area contributed by atoms with Crippen molar-refractivity contribution in [2.75, 3.05) is 56.0 Å². The molecule has 3 aliphatic heterocycles. The lowest BCUT2D eigenvalue weighted by atomic mass is 10.00. The van der Waals surface area contributed by atoms with Crippen LogP contribution in [-0.4, -0.2) is 107 Å². The summed E-state index contributed by atoms with van der Waals surface area (Å²) in [5.41, 5.74) is 2.60. The first kappa shape index (κ1) is 55.2. The first-order chi connectivity index (χ1) is 36.2. The Morgan fingerprint density at radius 1 is 0.934 bits per heavy atom. The van der Waals surface area contributed by atoms with Gasteiger partial charge in [-0.3, -0.25) is 24.1 Å². The fraction of sp³-hybridized carbons (Fsp3) is 0.400. The number of halogens is 4. The Hall–Kier alpha value is -6.99. The van der Waals surface area contributed by atoms with Crippen molar-refractivity contribution in [2.24, 2.45) is 11.8 Å². The topological polar surface area (TPSA) is 167 Å². The maximum Gasteiger partial charge on any atom is 0.417 e. The normalized spacial score (nSPS) is 17.6. The van der Waals surface area contributed by atoms with Crippen LogP contribution in [0.1, 0.15) is 79.3 Å². The minimum Gasteiger partial charge on any atom is -0.491 e. The Morgan fingerprint density at radius 2 is 1.62 bits per heavy atom. The molecule has 0 radical (unpaired) electrons. The Morgan fingerprint density at radius 3 is 2.28 bits per heavy atom. The minimum absolute atomic E-state index is 0.0204. The third kappa shape index (κ3) is 11.7. The number of alkyl halides is 3. The number of thiazole rings is 1. The van der Waals surface area contributed by atoms with E-state index in [1.54, 1.807) is 65.6 Å². The molecule has 0 spiro atoms. The number of rotatable bonds is 20. The molecule has 400 valence electrons. The van der Waals surface area contributed by atoms with Crippen LogP contribution in [0.4, 0.5) is 28.9 Å². The summed E-state index contributed by atoms with van der Waals surface area (Å²) in [5.74, 6) is -1.29. The monoisotopic (exact) mass is 1080 g/mol. The summed E-state index contributed by atoms with van der Waals surface area (Å²) in [6, 6.07) is 19.6. The highest BCUT2D eigenvalue weighted by molar-refractivity contribution is 7.81. The van der Waals surface area contributed by atoms with Crippen molar-refractivity contribution < 1.29 is 55.7 Å². The Balaban J connectivity index is 0.799. The first-order valence-corrected chi connectivity index (χ1v) is 26.0. The van der Waals surface area contributed by atoms with Crippen LogP contribution in [0.5, 0.6) is 11.5 Å². The number of carbonyl (C=O) groups excluding carboxylic acids is 4. The van der Waals surface area contributed by atoms with E-state index in [0.29, 0.717) is 41.3 Å². The second kappa shape index (κ2) is 23.1. The van der Waals surface area contributed by atoms with Crippen LogP contribution < -0.4 is 24.6 Å². The maximum atomic E-state index is 14.4. The zero-order chi connectivity index (χ0) is 54.6. The largest absolute Gasteiger partial charge is 0.491 e. The number of thiocarbonyl (C=S) groups is 1. The molecule has 1 aromatic heterocycles. The molecule has 4 amide bonds. The molecular weight excluding hydrogens is 1030 g/mol. The number of benzene rings is 4. The Kier molecular flexibility index (Phi) is 16.8. The maximum absolute atomic E-state index is 14.4. The van der Waals surface area contributed by atoms with Gasteiger partial charge in [0.2, 0.25) is 11.8 Å². The molecule has 3 atom stereocenters. The molecule has 0 aliphatic carbocycles. The number of fused-ring (bicyclic) bond motifs is 1. The standard InChI is InChI=1S/C55H57F4N7O8S2/c1-32(2)47(64-30-38-9-11-39(56)25-43(38)50(64)68)51(69)63-29-33(3)23-45(63)49(67)61-28-37-8-7-35(48-34(4)62-31-76-48)24-46(37)74-22-20-72-18-17-71-19-21-73-42-15-13-40(14-16-42)66-53(75)65(52(70)54(66,5)6)41-12-10-36(27-60)44(26-41)55(57,58)59/h7-16,24-26,31-33,45,47H,17-23,28-30H2,1-6H3,(H,61,67)/t33-,45+,47+/m1/s1. The van der Waals surface area contributed by atoms with Gasteiger partial charge in [-0.1, -0.05) is 39.0 Å². The number of nitriles is 1. The lowest BCUT2D eigenvalue weighted by Gasteiger charge is -2.35. The van der Waals surface area contributed by atoms with Gasteiger partial charge in [0.1, 0.15) is 48.2 Å². The number of carbonyl (C=O) groups is 4. The highest BCUT2D eigenvalue weighted by Crippen LogP contribution is 2.41. The molecule has 3 aliphatic rings. The predicted molar refractivity (Wildman–Crippen MR) is 280 cm³/mol. The van der Waals surface area contributed by atoms with Gasteiger partial charge < -0.3 is 39.0 Å². The van der Waals surface area contributed by atoms with E-state index in [4.69, 9.17) is 31.2 Å². The van der Waals surface area contributed by atoms with Crippen LogP contribution in [-0.2, 0) is 43.1 Å². The number of aryl methyl sites for hydroxylation is 1. The molecule has 15 nitrogen and oxygen atoms in total. The molecule has 0 unspecified atom stereocenters. The molecular formula is C55H57F4N7O8S2. The van der Waals surface area contributed by atoms with Crippen LogP contribution >= 0.6 is 23.6 Å². The quantitative estimate of drug-likeness (QED) is 0.0447. The average Bonchev–Trinajstić information content (AvgIpc) is 4.16. The summed E-state index contributed by atoms with van der Waals surface area (Å²) in [6.07, 6.45) is -4.36. The van der Waals surface area contributed by atoms with Crippen LogP contribution in [0.3, 0.4) is 0 Å². The lowest BCUT2D eigenvalue weighted by molar-refractivity contribution is -0.143. The van der Waals surface area contributed by atoms with Gasteiger partial charge in [-0.15, -0.1) is 11.3 Å². The Bertz CT molecular complexity index is 3050. The van der Waals surface area contributed by atoms with Crippen molar-refractivity contribution in [2.45, 2.75) is 84.9 Å². The number of hydrogen-bond donors (Lipinski definition) is 1. The van der Waals surface area contributed by atoms with Crippen LogP contribution in [0.2, 0.25) is 0 Å². The molecule has 2 fully saturated rings. The second-order valence-corrected chi connectivity index (χ2v) is 20.9. The van der Waals surface area contributed by atoms with Gasteiger partial charge in [0.05, 0.1) is 65.4 Å². The van der Waals surface area contributed by atoms with Crippen LogP contribution in [0.25, 0.3) is 10.4 Å². The number of hydrogen-bond acceptors (Lipinski definition) is 12. The van der Waals surface area contributed by atoms with E-state index in [1.165, 1.54) is 34.4 Å². The van der Waals surface area contributed by atoms with E-state index in [-0.39, 0.29) is 92.7 Å². The van der Waals surface area contributed by atoms with Crippen LogP contribution in [0.15, 0.2) is 84.4 Å². The fourth-order valence-electron chi connectivity index (χ4n) is 9.76. The summed E-state index contributed by atoms with van der Waals surface area (Å²) in [5, 5.41) is 12.3. The molecule has 4 aromatic carbocycles. The van der Waals surface area contributed by atoms with Gasteiger partial charge >= 0.3 is 6.18 Å². The van der Waals surface area contributed by atoms with E-state index >= 15 is 0 Å². The average molecular weight is 1080 g/mol. The highest BCUT2D eigenvalue weighted by atomic mass is 32.1. The van der Waals surface area contributed by atoms with Crippen molar-refractivity contribution in [3.63, 3.8) is 0 Å². The number of nitrogens with zero attached hydrogens (tertiary/aromatic N) is 6. The van der Waals surface area contributed by atoms with Gasteiger partial charge in [-0.25, -0.2) is 9.37 Å². The molecule has 21 heteroatoms. The molecule has 0 bridgehead atoms. The third-order valence-electron chi connectivity index (χ3n) is 13.6. The molecule has 1 N–H and O–H groups in total. The number of nitrogens with one attached hydrogen (secondary N) is 1.